The summed E-state index contributed by atoms with van der Waals surface area (Å²) in [5.74, 6) is -0.0698. The zero-order valence-electron chi connectivity index (χ0n) is 14.2. The molecule has 5 nitrogen and oxygen atoms in total. The Kier molecular flexibility index (Phi) is 4.81. The summed E-state index contributed by atoms with van der Waals surface area (Å²) in [5.41, 5.74) is 2.50. The molecule has 1 amide bonds. The van der Waals surface area contributed by atoms with Crippen LogP contribution in [-0.4, -0.2) is 10.9 Å². The van der Waals surface area contributed by atoms with Crippen LogP contribution in [0, 0.1) is 13.8 Å². The Bertz CT molecular complexity index is 1020. The zero-order valence-corrected chi connectivity index (χ0v) is 15.0. The third-order valence-corrected chi connectivity index (χ3v) is 4.89. The molecule has 1 atom stereocenters. The van der Waals surface area contributed by atoms with Gasteiger partial charge < -0.3 is 9.73 Å². The van der Waals surface area contributed by atoms with E-state index >= 15 is 0 Å². The predicted molar refractivity (Wildman–Crippen MR) is 99.7 cm³/mol. The van der Waals surface area contributed by atoms with E-state index < -0.39 is 11.7 Å². The fourth-order valence-electron chi connectivity index (χ4n) is 2.48. The maximum atomic E-state index is 12.1. The van der Waals surface area contributed by atoms with Gasteiger partial charge >= 0.3 is 5.63 Å². The number of rotatable bonds is 4. The molecular formula is C19H18N2O3S. The van der Waals surface area contributed by atoms with Crippen LogP contribution in [0.5, 0.6) is 0 Å². The molecule has 0 aliphatic rings. The van der Waals surface area contributed by atoms with Crippen molar-refractivity contribution in [3.8, 4) is 0 Å². The lowest BCUT2D eigenvalue weighted by atomic mass is 10.1. The summed E-state index contributed by atoms with van der Waals surface area (Å²) >= 11 is 1.39. The molecule has 3 rings (SSSR count). The normalized spacial score (nSPS) is 12.6. The Morgan fingerprint density at radius 1 is 1.28 bits per heavy atom. The van der Waals surface area contributed by atoms with E-state index in [0.717, 1.165) is 16.7 Å². The number of nitrogens with one attached hydrogen (secondary N) is 1. The van der Waals surface area contributed by atoms with Crippen LogP contribution in [-0.2, 0) is 4.79 Å². The molecule has 1 aromatic carbocycles. The highest BCUT2D eigenvalue weighted by atomic mass is 32.1. The van der Waals surface area contributed by atoms with Crippen LogP contribution in [0.1, 0.15) is 35.5 Å². The van der Waals surface area contributed by atoms with Gasteiger partial charge in [0.25, 0.3) is 0 Å². The van der Waals surface area contributed by atoms with Crippen LogP contribution in [0.15, 0.2) is 44.9 Å². The number of hydrogen-bond donors (Lipinski definition) is 1. The van der Waals surface area contributed by atoms with Crippen molar-refractivity contribution in [2.75, 3.05) is 0 Å². The number of fused-ring (bicyclic) bond motifs is 1. The maximum absolute atomic E-state index is 12.1. The SMILES string of the molecule is Cc1ccccc1/C=C/C(=O)N[C@@H](C)c1nc2scc(C)c2c(=O)o1. The van der Waals surface area contributed by atoms with Crippen LogP contribution in [0.25, 0.3) is 16.3 Å². The van der Waals surface area contributed by atoms with Crippen molar-refractivity contribution in [3.63, 3.8) is 0 Å². The molecule has 0 spiro atoms. The van der Waals surface area contributed by atoms with Gasteiger partial charge in [0.05, 0.1) is 5.39 Å². The number of carbonyl (C=O) groups is 1. The average Bonchev–Trinajstić information content (AvgIpc) is 2.95. The third-order valence-electron chi connectivity index (χ3n) is 3.90. The van der Waals surface area contributed by atoms with Crippen LogP contribution >= 0.6 is 11.3 Å². The van der Waals surface area contributed by atoms with Crippen LogP contribution < -0.4 is 10.9 Å². The molecule has 0 bridgehead atoms. The molecule has 0 aliphatic carbocycles. The second-order valence-corrected chi connectivity index (χ2v) is 6.72. The first-order valence-electron chi connectivity index (χ1n) is 7.88. The lowest BCUT2D eigenvalue weighted by Crippen LogP contribution is -2.26. The number of nitrogens with zero attached hydrogens (tertiary/aromatic N) is 1. The Labute approximate surface area is 149 Å². The quantitative estimate of drug-likeness (QED) is 0.724. The maximum Gasteiger partial charge on any atom is 0.348 e. The summed E-state index contributed by atoms with van der Waals surface area (Å²) in [6.07, 6.45) is 3.22. The molecule has 0 saturated carbocycles. The fourth-order valence-corrected chi connectivity index (χ4v) is 3.39. The molecule has 1 N–H and O–H groups in total. The minimum Gasteiger partial charge on any atom is -0.406 e. The highest BCUT2D eigenvalue weighted by Gasteiger charge is 2.16. The zero-order chi connectivity index (χ0) is 18.0. The van der Waals surface area contributed by atoms with Gasteiger partial charge in [0.15, 0.2) is 0 Å². The van der Waals surface area contributed by atoms with E-state index in [0.29, 0.717) is 10.2 Å². The molecule has 0 saturated heterocycles. The van der Waals surface area contributed by atoms with E-state index in [1.165, 1.54) is 17.4 Å². The van der Waals surface area contributed by atoms with Crippen molar-refractivity contribution in [2.45, 2.75) is 26.8 Å². The first-order valence-corrected chi connectivity index (χ1v) is 8.76. The van der Waals surface area contributed by atoms with E-state index in [1.807, 2.05) is 43.5 Å². The molecule has 25 heavy (non-hydrogen) atoms. The third kappa shape index (κ3) is 3.69. The van der Waals surface area contributed by atoms with Crippen molar-refractivity contribution in [3.05, 3.63) is 68.7 Å². The van der Waals surface area contributed by atoms with Gasteiger partial charge in [-0.1, -0.05) is 24.3 Å². The van der Waals surface area contributed by atoms with Crippen LogP contribution in [0.2, 0.25) is 0 Å². The molecule has 0 unspecified atom stereocenters. The van der Waals surface area contributed by atoms with Crippen molar-refractivity contribution >= 4 is 33.5 Å². The lowest BCUT2D eigenvalue weighted by molar-refractivity contribution is -0.117. The Hall–Kier alpha value is -2.73. The van der Waals surface area contributed by atoms with Crippen molar-refractivity contribution in [1.82, 2.24) is 10.3 Å². The highest BCUT2D eigenvalue weighted by Crippen LogP contribution is 2.22. The van der Waals surface area contributed by atoms with Crippen molar-refractivity contribution in [1.29, 1.82) is 0 Å². The van der Waals surface area contributed by atoms with Crippen molar-refractivity contribution < 1.29 is 9.21 Å². The molecule has 3 aromatic rings. The van der Waals surface area contributed by atoms with E-state index in [1.54, 1.807) is 13.0 Å². The summed E-state index contributed by atoms with van der Waals surface area (Å²) in [4.78, 5) is 29.2. The molecule has 0 aliphatic heterocycles. The van der Waals surface area contributed by atoms with Gasteiger partial charge in [-0.25, -0.2) is 9.78 Å². The van der Waals surface area contributed by atoms with E-state index in [9.17, 15) is 9.59 Å². The van der Waals surface area contributed by atoms with Gasteiger partial charge in [-0.05, 0) is 48.9 Å². The van der Waals surface area contributed by atoms with Crippen molar-refractivity contribution in [2.24, 2.45) is 0 Å². The number of benzene rings is 1. The second kappa shape index (κ2) is 7.03. The molecular weight excluding hydrogens is 336 g/mol. The standard InChI is InChI=1S/C19H18N2O3S/c1-11-6-4-5-7-14(11)8-9-15(22)20-13(3)17-21-18-16(19(23)24-17)12(2)10-25-18/h4-10,13H,1-3H3,(H,20,22)/b9-8+/t13-/m0/s1. The largest absolute Gasteiger partial charge is 0.406 e. The van der Waals surface area contributed by atoms with Gasteiger partial charge in [0, 0.05) is 6.08 Å². The molecule has 0 fully saturated rings. The van der Waals surface area contributed by atoms with Crippen LogP contribution in [0.3, 0.4) is 0 Å². The first kappa shape index (κ1) is 17.1. The number of carbonyl (C=O) groups excluding carboxylic acids is 1. The Morgan fingerprint density at radius 3 is 2.80 bits per heavy atom. The number of thiophene rings is 1. The topological polar surface area (TPSA) is 72.2 Å². The average molecular weight is 354 g/mol. The van der Waals surface area contributed by atoms with Gasteiger partial charge in [-0.15, -0.1) is 11.3 Å². The lowest BCUT2D eigenvalue weighted by Gasteiger charge is -2.10. The molecule has 2 aromatic heterocycles. The summed E-state index contributed by atoms with van der Waals surface area (Å²) < 4.78 is 5.28. The number of aryl methyl sites for hydroxylation is 2. The minimum absolute atomic E-state index is 0.206. The van der Waals surface area contributed by atoms with E-state index in [4.69, 9.17) is 4.42 Å². The van der Waals surface area contributed by atoms with Gasteiger partial charge in [-0.3, -0.25) is 4.79 Å². The second-order valence-electron chi connectivity index (χ2n) is 5.86. The molecule has 0 radical (unpaired) electrons. The summed E-state index contributed by atoms with van der Waals surface area (Å²) in [6.45, 7) is 5.56. The first-order chi connectivity index (χ1) is 12.0. The summed E-state index contributed by atoms with van der Waals surface area (Å²) in [5, 5.41) is 5.14. The van der Waals surface area contributed by atoms with E-state index in [-0.39, 0.29) is 11.8 Å². The fraction of sp³-hybridized carbons (Fsp3) is 0.211. The van der Waals surface area contributed by atoms with Crippen LogP contribution in [0.4, 0.5) is 0 Å². The van der Waals surface area contributed by atoms with Gasteiger partial charge in [-0.2, -0.15) is 0 Å². The highest BCUT2D eigenvalue weighted by molar-refractivity contribution is 7.16. The Morgan fingerprint density at radius 2 is 2.04 bits per heavy atom. The minimum atomic E-state index is -0.506. The molecule has 2 heterocycles. The smallest absolute Gasteiger partial charge is 0.348 e. The number of amides is 1. The summed E-state index contributed by atoms with van der Waals surface area (Å²) in [7, 11) is 0. The predicted octanol–water partition coefficient (Wildman–Crippen LogP) is 3.76. The monoisotopic (exact) mass is 354 g/mol. The van der Waals surface area contributed by atoms with Gasteiger partial charge in [0.2, 0.25) is 11.8 Å². The number of aromatic nitrogens is 1. The summed E-state index contributed by atoms with van der Waals surface area (Å²) in [6, 6.07) is 7.29. The molecule has 6 heteroatoms. The van der Waals surface area contributed by atoms with E-state index in [2.05, 4.69) is 10.3 Å². The Balaban J connectivity index is 1.76. The molecule has 128 valence electrons. The van der Waals surface area contributed by atoms with Gasteiger partial charge in [0.1, 0.15) is 10.9 Å². The number of hydrogen-bond acceptors (Lipinski definition) is 5.